The lowest BCUT2D eigenvalue weighted by atomic mass is 10.3. The van der Waals surface area contributed by atoms with Crippen molar-refractivity contribution >= 4 is 28.4 Å². The van der Waals surface area contributed by atoms with Crippen molar-refractivity contribution in [2.24, 2.45) is 0 Å². The molecule has 0 aliphatic rings. The summed E-state index contributed by atoms with van der Waals surface area (Å²) in [6.45, 7) is 3.92. The van der Waals surface area contributed by atoms with Crippen molar-refractivity contribution in [2.75, 3.05) is 25.2 Å². The number of hydrogen-bond acceptors (Lipinski definition) is 7. The Morgan fingerprint density at radius 2 is 2.29 bits per heavy atom. The van der Waals surface area contributed by atoms with Gasteiger partial charge in [-0.1, -0.05) is 6.07 Å². The number of oxazole rings is 1. The fourth-order valence-corrected chi connectivity index (χ4v) is 2.85. The number of fused-ring (bicyclic) bond motifs is 1. The van der Waals surface area contributed by atoms with Crippen LogP contribution in [0, 0.1) is 6.92 Å². The molecule has 110 valence electrons. The first-order valence-corrected chi connectivity index (χ1v) is 7.50. The average Bonchev–Trinajstić information content (AvgIpc) is 3.11. The highest BCUT2D eigenvalue weighted by Gasteiger charge is 2.17. The second-order valence-electron chi connectivity index (χ2n) is 4.58. The highest BCUT2D eigenvalue weighted by molar-refractivity contribution is 7.09. The van der Waals surface area contributed by atoms with Gasteiger partial charge in [0.25, 0.3) is 5.71 Å². The first-order valence-electron chi connectivity index (χ1n) is 6.62. The Morgan fingerprint density at radius 1 is 1.38 bits per heavy atom. The van der Waals surface area contributed by atoms with Gasteiger partial charge in [0.2, 0.25) is 0 Å². The highest BCUT2D eigenvalue weighted by atomic mass is 32.1. The number of anilines is 1. The molecule has 0 spiro atoms. The molecule has 0 aliphatic heterocycles. The number of aryl methyl sites for hydroxylation is 1. The zero-order valence-electron chi connectivity index (χ0n) is 11.9. The van der Waals surface area contributed by atoms with Crippen molar-refractivity contribution in [1.82, 2.24) is 15.0 Å². The maximum atomic E-state index is 5.48. The summed E-state index contributed by atoms with van der Waals surface area (Å²) in [5.74, 6) is 1.37. The van der Waals surface area contributed by atoms with E-state index >= 15 is 0 Å². The Kier molecular flexibility index (Phi) is 4.12. The van der Waals surface area contributed by atoms with E-state index in [0.29, 0.717) is 23.7 Å². The molecule has 0 aliphatic carbocycles. The van der Waals surface area contributed by atoms with Gasteiger partial charge in [0, 0.05) is 25.5 Å². The second-order valence-corrected chi connectivity index (χ2v) is 5.61. The largest absolute Gasteiger partial charge is 0.422 e. The molecule has 21 heavy (non-hydrogen) atoms. The van der Waals surface area contributed by atoms with Gasteiger partial charge in [0.05, 0.1) is 13.2 Å². The van der Waals surface area contributed by atoms with Gasteiger partial charge in [0.15, 0.2) is 17.2 Å². The van der Waals surface area contributed by atoms with Crippen LogP contribution in [-0.4, -0.2) is 35.2 Å². The summed E-state index contributed by atoms with van der Waals surface area (Å²) in [5, 5.41) is 2.07. The Bertz CT molecular complexity index is 711. The quantitative estimate of drug-likeness (QED) is 0.697. The maximum Gasteiger partial charge on any atom is 0.252 e. The van der Waals surface area contributed by atoms with Gasteiger partial charge in [0.1, 0.15) is 6.33 Å². The molecular formula is C14H16N4O2S. The zero-order valence-corrected chi connectivity index (χ0v) is 12.8. The van der Waals surface area contributed by atoms with E-state index in [-0.39, 0.29) is 0 Å². The summed E-state index contributed by atoms with van der Waals surface area (Å²) >= 11 is 1.72. The number of rotatable bonds is 6. The van der Waals surface area contributed by atoms with Crippen LogP contribution in [0.25, 0.3) is 11.2 Å². The summed E-state index contributed by atoms with van der Waals surface area (Å²) in [6, 6.07) is 4.15. The van der Waals surface area contributed by atoms with Crippen molar-refractivity contribution in [2.45, 2.75) is 13.5 Å². The third-order valence-corrected chi connectivity index (χ3v) is 3.94. The third-order valence-electron chi connectivity index (χ3n) is 3.07. The van der Waals surface area contributed by atoms with Crippen LogP contribution in [-0.2, 0) is 11.3 Å². The Balaban J connectivity index is 1.96. The van der Waals surface area contributed by atoms with Gasteiger partial charge in [-0.3, -0.25) is 0 Å². The van der Waals surface area contributed by atoms with E-state index < -0.39 is 0 Å². The van der Waals surface area contributed by atoms with Gasteiger partial charge in [-0.25, -0.2) is 9.97 Å². The van der Waals surface area contributed by atoms with Crippen LogP contribution in [0.3, 0.4) is 0 Å². The zero-order chi connectivity index (χ0) is 14.7. The molecule has 3 aromatic rings. The summed E-state index contributed by atoms with van der Waals surface area (Å²) < 4.78 is 10.7. The fraction of sp³-hybridized carbons (Fsp3) is 0.357. The molecule has 0 N–H and O–H groups in total. The lowest BCUT2D eigenvalue weighted by Gasteiger charge is -2.22. The van der Waals surface area contributed by atoms with E-state index in [1.807, 2.05) is 13.0 Å². The summed E-state index contributed by atoms with van der Waals surface area (Å²) in [7, 11) is 1.69. The molecule has 3 aromatic heterocycles. The monoisotopic (exact) mass is 304 g/mol. The number of ether oxygens (including phenoxy) is 1. The standard InChI is InChI=1S/C14H16N4O2S/c1-10-17-12-13(15-9-16-14(12)20-10)18(5-6-19-2)8-11-4-3-7-21-11/h3-4,7,9H,5-6,8H2,1-2H3. The minimum atomic E-state index is 0.520. The molecule has 0 saturated heterocycles. The number of thiophene rings is 1. The molecular weight excluding hydrogens is 288 g/mol. The van der Waals surface area contributed by atoms with Crippen LogP contribution in [0.4, 0.5) is 5.82 Å². The van der Waals surface area contributed by atoms with Crippen LogP contribution in [0.1, 0.15) is 10.8 Å². The lowest BCUT2D eigenvalue weighted by molar-refractivity contribution is 0.205. The molecule has 0 atom stereocenters. The van der Waals surface area contributed by atoms with E-state index in [4.69, 9.17) is 9.15 Å². The molecule has 0 amide bonds. The van der Waals surface area contributed by atoms with E-state index in [1.165, 1.54) is 11.2 Å². The molecule has 7 heteroatoms. The normalized spacial score (nSPS) is 11.1. The average molecular weight is 304 g/mol. The number of aromatic nitrogens is 3. The first-order chi connectivity index (χ1) is 10.3. The van der Waals surface area contributed by atoms with Gasteiger partial charge in [-0.05, 0) is 11.4 Å². The number of nitrogens with zero attached hydrogens (tertiary/aromatic N) is 4. The first kappa shape index (κ1) is 14.0. The van der Waals surface area contributed by atoms with Gasteiger partial charge >= 0.3 is 0 Å². The maximum absolute atomic E-state index is 5.48. The van der Waals surface area contributed by atoms with E-state index in [1.54, 1.807) is 18.4 Å². The smallest absolute Gasteiger partial charge is 0.252 e. The number of hydrogen-bond donors (Lipinski definition) is 0. The topological polar surface area (TPSA) is 64.3 Å². The predicted molar refractivity (Wildman–Crippen MR) is 81.6 cm³/mol. The van der Waals surface area contributed by atoms with Crippen LogP contribution in [0.15, 0.2) is 28.3 Å². The van der Waals surface area contributed by atoms with Gasteiger partial charge in [-0.2, -0.15) is 4.98 Å². The molecule has 0 fully saturated rings. The van der Waals surface area contributed by atoms with Crippen molar-refractivity contribution in [3.8, 4) is 0 Å². The van der Waals surface area contributed by atoms with Crippen molar-refractivity contribution in [1.29, 1.82) is 0 Å². The third kappa shape index (κ3) is 3.03. The second kappa shape index (κ2) is 6.19. The Hall–Kier alpha value is -1.99. The van der Waals surface area contributed by atoms with Crippen molar-refractivity contribution < 1.29 is 9.15 Å². The summed E-state index contributed by atoms with van der Waals surface area (Å²) in [5.41, 5.74) is 1.22. The molecule has 6 nitrogen and oxygen atoms in total. The van der Waals surface area contributed by atoms with Crippen LogP contribution >= 0.6 is 11.3 Å². The van der Waals surface area contributed by atoms with Crippen molar-refractivity contribution in [3.63, 3.8) is 0 Å². The Labute approximate surface area is 126 Å². The van der Waals surface area contributed by atoms with Crippen LogP contribution < -0.4 is 4.90 Å². The SMILES string of the molecule is COCCN(Cc1cccs1)c1ncnc2oc(C)nc12. The Morgan fingerprint density at radius 3 is 3.05 bits per heavy atom. The molecule has 3 rings (SSSR count). The molecule has 0 saturated carbocycles. The van der Waals surface area contributed by atoms with Crippen LogP contribution in [0.5, 0.6) is 0 Å². The van der Waals surface area contributed by atoms with Crippen molar-refractivity contribution in [3.05, 3.63) is 34.6 Å². The highest BCUT2D eigenvalue weighted by Crippen LogP contribution is 2.25. The van der Waals surface area contributed by atoms with Crippen LogP contribution in [0.2, 0.25) is 0 Å². The predicted octanol–water partition coefficient (Wildman–Crippen LogP) is 2.64. The molecule has 0 aromatic carbocycles. The summed E-state index contributed by atoms with van der Waals surface area (Å²) in [6.07, 6.45) is 1.51. The van der Waals surface area contributed by atoms with Gasteiger partial charge in [-0.15, -0.1) is 11.3 Å². The summed E-state index contributed by atoms with van der Waals surface area (Å²) in [4.78, 5) is 16.3. The molecule has 0 bridgehead atoms. The van der Waals surface area contributed by atoms with E-state index in [9.17, 15) is 0 Å². The molecule has 3 heterocycles. The fourth-order valence-electron chi connectivity index (χ4n) is 2.13. The van der Waals surface area contributed by atoms with E-state index in [2.05, 4.69) is 31.3 Å². The molecule has 0 radical (unpaired) electrons. The van der Waals surface area contributed by atoms with E-state index in [0.717, 1.165) is 18.9 Å². The lowest BCUT2D eigenvalue weighted by Crippen LogP contribution is -2.27. The minimum absolute atomic E-state index is 0.520. The number of methoxy groups -OCH3 is 1. The van der Waals surface area contributed by atoms with Gasteiger partial charge < -0.3 is 14.1 Å². The molecule has 0 unspecified atom stereocenters. The minimum Gasteiger partial charge on any atom is -0.422 e.